The Kier molecular flexibility index (Phi) is 7.81. The molecule has 9 nitrogen and oxygen atoms in total. The number of sulfonamides is 1. The van der Waals surface area contributed by atoms with Gasteiger partial charge in [-0.2, -0.15) is 0 Å². The number of amides is 1. The van der Waals surface area contributed by atoms with Gasteiger partial charge in [-0.3, -0.25) is 9.36 Å². The molecule has 0 saturated carbocycles. The smallest absolute Gasteiger partial charge is 0.238 e. The summed E-state index contributed by atoms with van der Waals surface area (Å²) >= 11 is 2.96. The van der Waals surface area contributed by atoms with Crippen LogP contribution in [0.3, 0.4) is 0 Å². The number of nitrogens with zero attached hydrogens (tertiary/aromatic N) is 3. The number of nitrogens with two attached hydrogens (primary N) is 1. The summed E-state index contributed by atoms with van der Waals surface area (Å²) in [6.45, 7) is 1.88. The Labute approximate surface area is 200 Å². The highest BCUT2D eigenvalue weighted by molar-refractivity contribution is 7.99. The van der Waals surface area contributed by atoms with Gasteiger partial charge in [0, 0.05) is 13.2 Å². The molecule has 1 atom stereocenters. The highest BCUT2D eigenvalue weighted by Crippen LogP contribution is 2.29. The second kappa shape index (κ2) is 10.8. The van der Waals surface area contributed by atoms with Crippen molar-refractivity contribution in [3.05, 3.63) is 47.3 Å². The molecular formula is C21H25N5O4S3. The van der Waals surface area contributed by atoms with Crippen LogP contribution in [0.1, 0.15) is 18.4 Å². The van der Waals surface area contributed by atoms with Crippen molar-refractivity contribution < 1.29 is 17.9 Å². The summed E-state index contributed by atoms with van der Waals surface area (Å²) in [5.74, 6) is 0.912. The second-order valence-electron chi connectivity index (χ2n) is 7.61. The number of thiophene rings is 1. The van der Waals surface area contributed by atoms with Crippen LogP contribution in [0.15, 0.2) is 51.8 Å². The molecular weight excluding hydrogens is 482 g/mol. The molecule has 0 aliphatic carbocycles. The van der Waals surface area contributed by atoms with E-state index in [9.17, 15) is 13.2 Å². The lowest BCUT2D eigenvalue weighted by Crippen LogP contribution is -2.27. The maximum absolute atomic E-state index is 12.4. The fourth-order valence-electron chi connectivity index (χ4n) is 3.51. The lowest BCUT2D eigenvalue weighted by molar-refractivity contribution is -0.118. The molecule has 176 valence electrons. The van der Waals surface area contributed by atoms with E-state index in [1.165, 1.54) is 23.9 Å². The summed E-state index contributed by atoms with van der Waals surface area (Å²) in [6, 6.07) is 10.3. The van der Waals surface area contributed by atoms with Crippen molar-refractivity contribution in [1.29, 1.82) is 0 Å². The van der Waals surface area contributed by atoms with Gasteiger partial charge in [-0.25, -0.2) is 13.6 Å². The molecule has 3 N–H and O–H groups in total. The van der Waals surface area contributed by atoms with Crippen molar-refractivity contribution in [2.45, 2.75) is 42.0 Å². The first-order valence-corrected chi connectivity index (χ1v) is 13.9. The summed E-state index contributed by atoms with van der Waals surface area (Å²) in [6.07, 6.45) is 2.77. The topological polar surface area (TPSA) is 129 Å². The lowest BCUT2D eigenvalue weighted by Gasteiger charge is -2.14. The standard InChI is InChI=1S/C21H25N5O4S3/c22-33(28,29)17-7-5-15(6-8-17)9-10-23-19(27)14-32-21-25-24-20(18-4-2-12-31-18)26(21)13-16-3-1-11-30-16/h2,4-8,12,16H,1,3,9-11,13-14H2,(H,23,27)(H2,22,28,29). The summed E-state index contributed by atoms with van der Waals surface area (Å²) in [5.41, 5.74) is 0.909. The SMILES string of the molecule is NS(=O)(=O)c1ccc(CCNC(=O)CSc2nnc(-c3cccs3)n2CC2CCCO2)cc1. The molecule has 1 aliphatic heterocycles. The molecule has 0 radical (unpaired) electrons. The van der Waals surface area contributed by atoms with Gasteiger partial charge in [-0.05, 0) is 48.4 Å². The van der Waals surface area contributed by atoms with Crippen molar-refractivity contribution in [1.82, 2.24) is 20.1 Å². The molecule has 1 fully saturated rings. The van der Waals surface area contributed by atoms with E-state index in [0.29, 0.717) is 24.7 Å². The predicted molar refractivity (Wildman–Crippen MR) is 128 cm³/mol. The highest BCUT2D eigenvalue weighted by atomic mass is 32.2. The minimum absolute atomic E-state index is 0.0701. The first kappa shape index (κ1) is 23.9. The van der Waals surface area contributed by atoms with Crippen LogP contribution < -0.4 is 10.5 Å². The van der Waals surface area contributed by atoms with Crippen LogP contribution in [0, 0.1) is 0 Å². The molecule has 4 rings (SSSR count). The molecule has 0 spiro atoms. The minimum atomic E-state index is -3.70. The molecule has 1 aliphatic rings. The number of carbonyl (C=O) groups excluding carboxylic acids is 1. The van der Waals surface area contributed by atoms with E-state index in [1.807, 2.05) is 22.1 Å². The maximum atomic E-state index is 12.4. The Morgan fingerprint density at radius 3 is 2.76 bits per heavy atom. The van der Waals surface area contributed by atoms with Crippen molar-refractivity contribution in [2.24, 2.45) is 5.14 Å². The highest BCUT2D eigenvalue weighted by Gasteiger charge is 2.22. The monoisotopic (exact) mass is 507 g/mol. The Morgan fingerprint density at radius 2 is 2.09 bits per heavy atom. The number of thioether (sulfide) groups is 1. The molecule has 3 heterocycles. The quantitative estimate of drug-likeness (QED) is 0.403. The normalized spacial score (nSPS) is 16.2. The summed E-state index contributed by atoms with van der Waals surface area (Å²) in [5, 5.41) is 19.4. The third-order valence-corrected chi connectivity index (χ3v) is 7.95. The number of rotatable bonds is 10. The van der Waals surface area contributed by atoms with E-state index in [0.717, 1.165) is 35.7 Å². The van der Waals surface area contributed by atoms with Crippen molar-refractivity contribution in [3.63, 3.8) is 0 Å². The van der Waals surface area contributed by atoms with Crippen molar-refractivity contribution >= 4 is 39.0 Å². The molecule has 1 unspecified atom stereocenters. The molecule has 33 heavy (non-hydrogen) atoms. The van der Waals surface area contributed by atoms with E-state index in [2.05, 4.69) is 15.5 Å². The number of hydrogen-bond donors (Lipinski definition) is 2. The van der Waals surface area contributed by atoms with Gasteiger partial charge in [0.1, 0.15) is 0 Å². The van der Waals surface area contributed by atoms with Crippen LogP contribution in [-0.2, 0) is 32.5 Å². The van der Waals surface area contributed by atoms with E-state index in [-0.39, 0.29) is 22.7 Å². The molecule has 1 aromatic carbocycles. The number of nitrogens with one attached hydrogen (secondary N) is 1. The zero-order valence-corrected chi connectivity index (χ0v) is 20.3. The lowest BCUT2D eigenvalue weighted by atomic mass is 10.1. The van der Waals surface area contributed by atoms with Crippen LogP contribution in [0.2, 0.25) is 0 Å². The first-order valence-electron chi connectivity index (χ1n) is 10.5. The summed E-state index contributed by atoms with van der Waals surface area (Å²) < 4.78 is 30.5. The van der Waals surface area contributed by atoms with Crippen LogP contribution in [0.5, 0.6) is 0 Å². The Bertz CT molecular complexity index is 1170. The van der Waals surface area contributed by atoms with Gasteiger partial charge in [-0.1, -0.05) is 30.0 Å². The molecule has 2 aromatic heterocycles. The summed E-state index contributed by atoms with van der Waals surface area (Å²) in [4.78, 5) is 13.5. The maximum Gasteiger partial charge on any atom is 0.238 e. The average molecular weight is 508 g/mol. The number of hydrogen-bond acceptors (Lipinski definition) is 8. The Hall–Kier alpha value is -2.25. The molecule has 3 aromatic rings. The average Bonchev–Trinajstić information content (AvgIpc) is 3.55. The molecule has 1 saturated heterocycles. The van der Waals surface area contributed by atoms with E-state index >= 15 is 0 Å². The van der Waals surface area contributed by atoms with Gasteiger partial charge in [0.2, 0.25) is 15.9 Å². The van der Waals surface area contributed by atoms with E-state index in [4.69, 9.17) is 9.88 Å². The fraction of sp³-hybridized carbons (Fsp3) is 0.381. The number of primary sulfonamides is 1. The van der Waals surface area contributed by atoms with Crippen LogP contribution in [-0.4, -0.2) is 54.1 Å². The zero-order chi connectivity index (χ0) is 23.3. The molecule has 0 bridgehead atoms. The van der Waals surface area contributed by atoms with Crippen molar-refractivity contribution in [3.8, 4) is 10.7 Å². The largest absolute Gasteiger partial charge is 0.376 e. The van der Waals surface area contributed by atoms with Gasteiger partial charge < -0.3 is 10.1 Å². The van der Waals surface area contributed by atoms with E-state index in [1.54, 1.807) is 23.5 Å². The van der Waals surface area contributed by atoms with Gasteiger partial charge >= 0.3 is 0 Å². The zero-order valence-electron chi connectivity index (χ0n) is 17.8. The Morgan fingerprint density at radius 1 is 1.27 bits per heavy atom. The van der Waals surface area contributed by atoms with Gasteiger partial charge in [0.25, 0.3) is 0 Å². The Balaban J connectivity index is 1.31. The third-order valence-electron chi connectivity index (χ3n) is 5.19. The van der Waals surface area contributed by atoms with Crippen molar-refractivity contribution in [2.75, 3.05) is 18.9 Å². The number of benzene rings is 1. The van der Waals surface area contributed by atoms with Gasteiger partial charge in [0.05, 0.1) is 28.2 Å². The van der Waals surface area contributed by atoms with Crippen LogP contribution >= 0.6 is 23.1 Å². The predicted octanol–water partition coefficient (Wildman–Crippen LogP) is 2.28. The van der Waals surface area contributed by atoms with Crippen LogP contribution in [0.4, 0.5) is 0 Å². The van der Waals surface area contributed by atoms with E-state index < -0.39 is 10.0 Å². The third kappa shape index (κ3) is 6.42. The first-order chi connectivity index (χ1) is 15.9. The minimum Gasteiger partial charge on any atom is -0.376 e. The molecule has 1 amide bonds. The number of carbonyl (C=O) groups is 1. The fourth-order valence-corrected chi connectivity index (χ4v) is 5.52. The van der Waals surface area contributed by atoms with Gasteiger partial charge in [-0.15, -0.1) is 21.5 Å². The number of ether oxygens (including phenoxy) is 1. The number of aromatic nitrogens is 3. The van der Waals surface area contributed by atoms with Gasteiger partial charge in [0.15, 0.2) is 11.0 Å². The molecule has 12 heteroatoms. The second-order valence-corrected chi connectivity index (χ2v) is 11.1. The summed E-state index contributed by atoms with van der Waals surface area (Å²) in [7, 11) is -3.70. The van der Waals surface area contributed by atoms with Crippen LogP contribution in [0.25, 0.3) is 10.7 Å².